The minimum atomic E-state index is 0.117. The zero-order chi connectivity index (χ0) is 18.4. The van der Waals surface area contributed by atoms with Gasteiger partial charge in [0.2, 0.25) is 11.8 Å². The van der Waals surface area contributed by atoms with Gasteiger partial charge in [-0.2, -0.15) is 0 Å². The minimum Gasteiger partial charge on any atom is -0.353 e. The summed E-state index contributed by atoms with van der Waals surface area (Å²) in [6, 6.07) is 0.224. The average molecular weight is 360 g/mol. The van der Waals surface area contributed by atoms with Crippen molar-refractivity contribution in [1.29, 1.82) is 0 Å². The lowest BCUT2D eigenvalue weighted by molar-refractivity contribution is -0.137. The predicted molar refractivity (Wildman–Crippen MR) is 102 cm³/mol. The highest BCUT2D eigenvalue weighted by atomic mass is 16.2. The van der Waals surface area contributed by atoms with E-state index in [2.05, 4.69) is 16.1 Å². The van der Waals surface area contributed by atoms with Crippen LogP contribution in [-0.2, 0) is 9.59 Å². The monoisotopic (exact) mass is 359 g/mol. The van der Waals surface area contributed by atoms with Gasteiger partial charge in [0.15, 0.2) is 0 Å². The van der Waals surface area contributed by atoms with Gasteiger partial charge in [-0.3, -0.25) is 14.5 Å². The third-order valence-electron chi connectivity index (χ3n) is 6.38. The van der Waals surface area contributed by atoms with E-state index in [1.54, 1.807) is 0 Å². The Balaban J connectivity index is 1.38. The fourth-order valence-corrected chi connectivity index (χ4v) is 4.65. The summed E-state index contributed by atoms with van der Waals surface area (Å²) in [6.07, 6.45) is 14.7. The number of carbonyl (C=O) groups excluding carboxylic acids is 2. The number of nitrogens with zero attached hydrogens (tertiary/aromatic N) is 2. The normalized spacial score (nSPS) is 24.2. The van der Waals surface area contributed by atoms with Crippen molar-refractivity contribution in [2.24, 2.45) is 11.8 Å². The zero-order valence-electron chi connectivity index (χ0n) is 15.9. The molecule has 0 radical (unpaired) electrons. The Morgan fingerprint density at radius 1 is 0.885 bits per heavy atom. The van der Waals surface area contributed by atoms with Crippen molar-refractivity contribution in [3.63, 3.8) is 0 Å². The first-order valence-corrected chi connectivity index (χ1v) is 10.4. The number of terminal acetylenes is 1. The molecular formula is C21H33N3O2. The second kappa shape index (κ2) is 9.41. The number of hydrogen-bond acceptors (Lipinski definition) is 3. The molecular weight excluding hydrogens is 326 g/mol. The fourth-order valence-electron chi connectivity index (χ4n) is 4.65. The molecule has 0 aromatic carbocycles. The van der Waals surface area contributed by atoms with Gasteiger partial charge in [-0.05, 0) is 51.6 Å². The molecule has 0 bridgehead atoms. The van der Waals surface area contributed by atoms with E-state index in [9.17, 15) is 9.59 Å². The van der Waals surface area contributed by atoms with Crippen molar-refractivity contribution in [3.05, 3.63) is 0 Å². The number of hydrogen-bond donors (Lipinski definition) is 1. The highest BCUT2D eigenvalue weighted by Crippen LogP contribution is 2.27. The summed E-state index contributed by atoms with van der Waals surface area (Å²) in [6.45, 7) is 4.09. The molecule has 0 unspecified atom stereocenters. The van der Waals surface area contributed by atoms with Crippen molar-refractivity contribution in [2.45, 2.75) is 63.8 Å². The Labute approximate surface area is 157 Å². The first-order valence-electron chi connectivity index (χ1n) is 10.4. The van der Waals surface area contributed by atoms with Crippen LogP contribution in [0.5, 0.6) is 0 Å². The Morgan fingerprint density at radius 3 is 2.15 bits per heavy atom. The molecule has 2 aliphatic heterocycles. The van der Waals surface area contributed by atoms with Gasteiger partial charge in [-0.25, -0.2) is 0 Å². The van der Waals surface area contributed by atoms with E-state index in [1.807, 2.05) is 4.90 Å². The highest BCUT2D eigenvalue weighted by molar-refractivity contribution is 5.80. The van der Waals surface area contributed by atoms with E-state index in [4.69, 9.17) is 6.42 Å². The molecule has 1 saturated carbocycles. The van der Waals surface area contributed by atoms with Crippen molar-refractivity contribution in [1.82, 2.24) is 15.1 Å². The Kier molecular flexibility index (Phi) is 6.96. The molecule has 0 aromatic rings. The van der Waals surface area contributed by atoms with Crippen LogP contribution in [0.3, 0.4) is 0 Å². The van der Waals surface area contributed by atoms with Crippen LogP contribution in [0.1, 0.15) is 57.8 Å². The second-order valence-corrected chi connectivity index (χ2v) is 8.20. The molecule has 1 N–H and O–H groups in total. The summed E-state index contributed by atoms with van der Waals surface area (Å²) < 4.78 is 0. The molecule has 0 aromatic heterocycles. The summed E-state index contributed by atoms with van der Waals surface area (Å²) >= 11 is 0. The number of carbonyl (C=O) groups is 2. The second-order valence-electron chi connectivity index (χ2n) is 8.20. The molecule has 2 saturated heterocycles. The van der Waals surface area contributed by atoms with Crippen LogP contribution in [0, 0.1) is 24.2 Å². The molecule has 3 fully saturated rings. The molecule has 26 heavy (non-hydrogen) atoms. The fraction of sp³-hybridized carbons (Fsp3) is 0.810. The van der Waals surface area contributed by atoms with Gasteiger partial charge >= 0.3 is 0 Å². The van der Waals surface area contributed by atoms with Gasteiger partial charge in [-0.1, -0.05) is 25.2 Å². The van der Waals surface area contributed by atoms with Gasteiger partial charge in [0.1, 0.15) is 0 Å². The van der Waals surface area contributed by atoms with Crippen LogP contribution in [0.25, 0.3) is 0 Å². The molecule has 2 amide bonds. The molecule has 3 aliphatic rings. The SMILES string of the molecule is C#CCN1CCC(C(=O)NC2CCN(C(=O)C3CCCCC3)CC2)CC1. The van der Waals surface area contributed by atoms with Gasteiger partial charge in [0.25, 0.3) is 0 Å². The summed E-state index contributed by atoms with van der Waals surface area (Å²) in [5.74, 6) is 3.60. The standard InChI is InChI=1S/C21H33N3O2/c1-2-12-23-13-8-17(9-14-23)20(25)22-19-10-15-24(16-11-19)21(26)18-6-4-3-5-7-18/h1,17-19H,3-16H2,(H,22,25). The summed E-state index contributed by atoms with van der Waals surface area (Å²) in [4.78, 5) is 29.5. The highest BCUT2D eigenvalue weighted by Gasteiger charge is 2.31. The maximum atomic E-state index is 12.6. The van der Waals surface area contributed by atoms with E-state index < -0.39 is 0 Å². The van der Waals surface area contributed by atoms with Crippen LogP contribution in [-0.4, -0.2) is 60.4 Å². The lowest BCUT2D eigenvalue weighted by Crippen LogP contribution is -2.50. The molecule has 5 nitrogen and oxygen atoms in total. The number of amides is 2. The molecule has 5 heteroatoms. The first kappa shape index (κ1) is 19.2. The van der Waals surface area contributed by atoms with Crippen molar-refractivity contribution >= 4 is 11.8 Å². The van der Waals surface area contributed by atoms with Gasteiger partial charge in [0.05, 0.1) is 6.54 Å². The largest absolute Gasteiger partial charge is 0.353 e. The van der Waals surface area contributed by atoms with Crippen molar-refractivity contribution in [3.8, 4) is 12.3 Å². The quantitative estimate of drug-likeness (QED) is 0.782. The lowest BCUT2D eigenvalue weighted by atomic mass is 9.87. The van der Waals surface area contributed by atoms with E-state index >= 15 is 0 Å². The zero-order valence-corrected chi connectivity index (χ0v) is 15.9. The molecule has 3 rings (SSSR count). The molecule has 1 aliphatic carbocycles. The summed E-state index contributed by atoms with van der Waals surface area (Å²) in [5.41, 5.74) is 0. The third kappa shape index (κ3) is 5.01. The number of piperidine rings is 2. The Hall–Kier alpha value is -1.54. The maximum absolute atomic E-state index is 12.6. The van der Waals surface area contributed by atoms with Crippen LogP contribution in [0.4, 0.5) is 0 Å². The number of likely N-dealkylation sites (tertiary alicyclic amines) is 2. The van der Waals surface area contributed by atoms with Gasteiger partial charge < -0.3 is 10.2 Å². The first-order chi connectivity index (χ1) is 12.7. The summed E-state index contributed by atoms with van der Waals surface area (Å²) in [7, 11) is 0. The molecule has 144 valence electrons. The van der Waals surface area contributed by atoms with Gasteiger partial charge in [0, 0.05) is 31.0 Å². The smallest absolute Gasteiger partial charge is 0.225 e. The van der Waals surface area contributed by atoms with Crippen molar-refractivity contribution < 1.29 is 9.59 Å². The average Bonchev–Trinajstić information content (AvgIpc) is 2.69. The third-order valence-corrected chi connectivity index (χ3v) is 6.38. The van der Waals surface area contributed by atoms with Crippen LogP contribution in [0.15, 0.2) is 0 Å². The van der Waals surface area contributed by atoms with Crippen molar-refractivity contribution in [2.75, 3.05) is 32.7 Å². The van der Waals surface area contributed by atoms with Crippen LogP contribution < -0.4 is 5.32 Å². The Bertz CT molecular complexity index is 520. The predicted octanol–water partition coefficient (Wildman–Crippen LogP) is 2.02. The maximum Gasteiger partial charge on any atom is 0.225 e. The van der Waals surface area contributed by atoms with E-state index in [0.717, 1.165) is 64.7 Å². The topological polar surface area (TPSA) is 52.7 Å². The summed E-state index contributed by atoms with van der Waals surface area (Å²) in [5, 5.41) is 3.24. The lowest BCUT2D eigenvalue weighted by Gasteiger charge is -2.36. The van der Waals surface area contributed by atoms with Crippen LogP contribution in [0.2, 0.25) is 0 Å². The van der Waals surface area contributed by atoms with E-state index in [0.29, 0.717) is 12.5 Å². The number of rotatable bonds is 4. The Morgan fingerprint density at radius 2 is 1.54 bits per heavy atom. The van der Waals surface area contributed by atoms with Gasteiger partial charge in [-0.15, -0.1) is 6.42 Å². The molecule has 0 atom stereocenters. The molecule has 2 heterocycles. The molecule has 0 spiro atoms. The minimum absolute atomic E-state index is 0.117. The van der Waals surface area contributed by atoms with E-state index in [-0.39, 0.29) is 23.8 Å². The number of nitrogens with one attached hydrogen (secondary N) is 1. The van der Waals surface area contributed by atoms with Crippen LogP contribution >= 0.6 is 0 Å². The van der Waals surface area contributed by atoms with E-state index in [1.165, 1.54) is 19.3 Å².